The Labute approximate surface area is 113 Å². The topological polar surface area (TPSA) is 75.6 Å². The number of carbonyl (C=O) groups is 2. The van der Waals surface area contributed by atoms with E-state index < -0.39 is 22.1 Å². The molecule has 18 heavy (non-hydrogen) atoms. The molecule has 0 aromatic heterocycles. The fraction of sp³-hybridized carbons (Fsp3) is 0.0909. The Morgan fingerprint density at radius 2 is 1.78 bits per heavy atom. The molecule has 0 heterocycles. The highest BCUT2D eigenvalue weighted by Gasteiger charge is 2.16. The van der Waals surface area contributed by atoms with Gasteiger partial charge in [0.2, 0.25) is 0 Å². The Bertz CT molecular complexity index is 492. The fourth-order valence-electron chi connectivity index (χ4n) is 1.11. The fourth-order valence-corrected chi connectivity index (χ4v) is 1.37. The van der Waals surface area contributed by atoms with Gasteiger partial charge in [-0.1, -0.05) is 23.2 Å². The number of rotatable bonds is 4. The zero-order valence-corrected chi connectivity index (χ0v) is 10.7. The third-order valence-corrected chi connectivity index (χ3v) is 2.37. The Balaban J connectivity index is 2.88. The summed E-state index contributed by atoms with van der Waals surface area (Å²) >= 11 is 10.7. The van der Waals surface area contributed by atoms with Crippen LogP contribution in [0.25, 0.3) is 0 Å². The van der Waals surface area contributed by atoms with Gasteiger partial charge in [-0.3, -0.25) is 4.79 Å². The Morgan fingerprint density at radius 1 is 1.22 bits per heavy atom. The van der Waals surface area contributed by atoms with Crippen LogP contribution in [-0.4, -0.2) is 24.1 Å². The third-order valence-electron chi connectivity index (χ3n) is 1.99. The number of hydrogen-bond acceptors (Lipinski definition) is 3. The first-order chi connectivity index (χ1) is 8.45. The predicted octanol–water partition coefficient (Wildman–Crippen LogP) is 2.16. The van der Waals surface area contributed by atoms with Crippen molar-refractivity contribution in [3.8, 4) is 5.75 Å². The largest absolute Gasteiger partial charge is 0.497 e. The molecule has 0 spiro atoms. The molecule has 96 valence electrons. The predicted molar refractivity (Wildman–Crippen MR) is 66.8 cm³/mol. The molecule has 5 nitrogen and oxygen atoms in total. The Hall–Kier alpha value is -1.72. The molecular formula is C11H9Cl2NO4. The highest BCUT2D eigenvalue weighted by Crippen LogP contribution is 2.14. The first-order valence-corrected chi connectivity index (χ1v) is 5.45. The summed E-state index contributed by atoms with van der Waals surface area (Å²) in [4.78, 5) is 22.4. The Morgan fingerprint density at radius 3 is 2.17 bits per heavy atom. The van der Waals surface area contributed by atoms with Gasteiger partial charge in [0.1, 0.15) is 10.2 Å². The standard InChI is InChI=1S/C11H9Cl2NO4/c1-18-7-4-2-6(3-5-7)10(15)14-8(9(12)13)11(16)17/h2-5H,1H3,(H,14,15)(H,16,17). The number of hydrogen-bond donors (Lipinski definition) is 2. The molecule has 0 atom stereocenters. The van der Waals surface area contributed by atoms with Gasteiger partial charge in [-0.2, -0.15) is 0 Å². The molecule has 0 unspecified atom stereocenters. The summed E-state index contributed by atoms with van der Waals surface area (Å²) in [5.41, 5.74) is -0.316. The van der Waals surface area contributed by atoms with E-state index in [1.54, 1.807) is 12.1 Å². The second kappa shape index (κ2) is 6.28. The van der Waals surface area contributed by atoms with Crippen LogP contribution in [0.2, 0.25) is 0 Å². The molecule has 1 aromatic rings. The molecule has 0 bridgehead atoms. The van der Waals surface area contributed by atoms with Gasteiger partial charge in [0.05, 0.1) is 7.11 Å². The molecular weight excluding hydrogens is 281 g/mol. The van der Waals surface area contributed by atoms with Crippen LogP contribution in [0.15, 0.2) is 34.5 Å². The zero-order chi connectivity index (χ0) is 13.7. The lowest BCUT2D eigenvalue weighted by molar-refractivity contribution is -0.133. The Kier molecular flexibility index (Phi) is 5.00. The first-order valence-electron chi connectivity index (χ1n) is 4.69. The number of methoxy groups -OCH3 is 1. The van der Waals surface area contributed by atoms with Gasteiger partial charge >= 0.3 is 5.97 Å². The lowest BCUT2D eigenvalue weighted by atomic mass is 10.2. The highest BCUT2D eigenvalue weighted by atomic mass is 35.5. The third kappa shape index (κ3) is 3.65. The van der Waals surface area contributed by atoms with E-state index in [2.05, 4.69) is 5.32 Å². The molecule has 7 heteroatoms. The van der Waals surface area contributed by atoms with Crippen molar-refractivity contribution in [2.45, 2.75) is 0 Å². The van der Waals surface area contributed by atoms with E-state index in [-0.39, 0.29) is 5.56 Å². The quantitative estimate of drug-likeness (QED) is 0.833. The summed E-state index contributed by atoms with van der Waals surface area (Å²) in [6.45, 7) is 0. The van der Waals surface area contributed by atoms with Crippen molar-refractivity contribution >= 4 is 35.1 Å². The summed E-state index contributed by atoms with van der Waals surface area (Å²) < 4.78 is 4.41. The number of carbonyl (C=O) groups excluding carboxylic acids is 1. The summed E-state index contributed by atoms with van der Waals surface area (Å²) in [7, 11) is 1.49. The molecule has 0 saturated carbocycles. The number of halogens is 2. The summed E-state index contributed by atoms with van der Waals surface area (Å²) in [6.07, 6.45) is 0. The van der Waals surface area contributed by atoms with Crippen LogP contribution in [0.1, 0.15) is 10.4 Å². The number of aliphatic carboxylic acids is 1. The minimum absolute atomic E-state index is 0.254. The highest BCUT2D eigenvalue weighted by molar-refractivity contribution is 6.57. The SMILES string of the molecule is COc1ccc(C(=O)NC(C(=O)O)=C(Cl)Cl)cc1. The number of carboxylic acid groups (broad SMARTS) is 1. The van der Waals surface area contributed by atoms with Crippen LogP contribution < -0.4 is 10.1 Å². The monoisotopic (exact) mass is 289 g/mol. The zero-order valence-electron chi connectivity index (χ0n) is 9.24. The first kappa shape index (κ1) is 14.3. The van der Waals surface area contributed by atoms with Gasteiger partial charge in [-0.05, 0) is 24.3 Å². The van der Waals surface area contributed by atoms with Crippen LogP contribution >= 0.6 is 23.2 Å². The number of carboxylic acids is 1. The van der Waals surface area contributed by atoms with Crippen molar-refractivity contribution in [3.63, 3.8) is 0 Å². The molecule has 1 amide bonds. The van der Waals surface area contributed by atoms with E-state index in [0.29, 0.717) is 5.75 Å². The van der Waals surface area contributed by atoms with Gasteiger partial charge in [0, 0.05) is 5.56 Å². The summed E-state index contributed by atoms with van der Waals surface area (Å²) in [6, 6.07) is 6.11. The van der Waals surface area contributed by atoms with Gasteiger partial charge in [-0.15, -0.1) is 0 Å². The van der Waals surface area contributed by atoms with Gasteiger partial charge < -0.3 is 15.2 Å². The van der Waals surface area contributed by atoms with Gasteiger partial charge in [-0.25, -0.2) is 4.79 Å². The average Bonchev–Trinajstić information content (AvgIpc) is 2.35. The maximum absolute atomic E-state index is 11.7. The van der Waals surface area contributed by atoms with Crippen LogP contribution in [-0.2, 0) is 4.79 Å². The molecule has 1 aromatic carbocycles. The van der Waals surface area contributed by atoms with E-state index in [1.807, 2.05) is 0 Å². The lowest BCUT2D eigenvalue weighted by Gasteiger charge is -2.06. The van der Waals surface area contributed by atoms with E-state index in [0.717, 1.165) is 0 Å². The number of amides is 1. The number of nitrogens with one attached hydrogen (secondary N) is 1. The smallest absolute Gasteiger partial charge is 0.354 e. The van der Waals surface area contributed by atoms with E-state index in [9.17, 15) is 9.59 Å². The summed E-state index contributed by atoms with van der Waals surface area (Å²) in [5, 5.41) is 10.9. The number of ether oxygens (including phenoxy) is 1. The van der Waals surface area contributed by atoms with E-state index >= 15 is 0 Å². The van der Waals surface area contributed by atoms with Crippen molar-refractivity contribution in [1.29, 1.82) is 0 Å². The molecule has 0 radical (unpaired) electrons. The van der Waals surface area contributed by atoms with E-state index in [1.165, 1.54) is 19.2 Å². The van der Waals surface area contributed by atoms with Crippen molar-refractivity contribution in [2.24, 2.45) is 0 Å². The maximum Gasteiger partial charge on any atom is 0.354 e. The van der Waals surface area contributed by atoms with Crippen molar-refractivity contribution in [2.75, 3.05) is 7.11 Å². The molecule has 2 N–H and O–H groups in total. The summed E-state index contributed by atoms with van der Waals surface area (Å²) in [5.74, 6) is -1.47. The van der Waals surface area contributed by atoms with Gasteiger partial charge in [0.15, 0.2) is 5.70 Å². The normalized spacial score (nSPS) is 9.50. The number of benzene rings is 1. The van der Waals surface area contributed by atoms with Gasteiger partial charge in [0.25, 0.3) is 5.91 Å². The minimum Gasteiger partial charge on any atom is -0.497 e. The molecule has 1 rings (SSSR count). The molecule has 0 aliphatic rings. The molecule has 0 aliphatic carbocycles. The lowest BCUT2D eigenvalue weighted by Crippen LogP contribution is -2.27. The van der Waals surface area contributed by atoms with Crippen molar-refractivity contribution < 1.29 is 19.4 Å². The van der Waals surface area contributed by atoms with Crippen LogP contribution in [0.4, 0.5) is 0 Å². The van der Waals surface area contributed by atoms with E-state index in [4.69, 9.17) is 33.0 Å². The molecule has 0 fully saturated rings. The van der Waals surface area contributed by atoms with Crippen LogP contribution in [0.3, 0.4) is 0 Å². The molecule has 0 aliphatic heterocycles. The van der Waals surface area contributed by atoms with Crippen LogP contribution in [0, 0.1) is 0 Å². The second-order valence-corrected chi connectivity index (χ2v) is 4.07. The van der Waals surface area contributed by atoms with Crippen molar-refractivity contribution in [3.05, 3.63) is 40.0 Å². The average molecular weight is 290 g/mol. The van der Waals surface area contributed by atoms with Crippen LogP contribution in [0.5, 0.6) is 5.75 Å². The second-order valence-electron chi connectivity index (χ2n) is 3.12. The maximum atomic E-state index is 11.7. The van der Waals surface area contributed by atoms with Crippen molar-refractivity contribution in [1.82, 2.24) is 5.32 Å². The molecule has 0 saturated heterocycles. The minimum atomic E-state index is -1.42.